The van der Waals surface area contributed by atoms with Crippen LogP contribution >= 0.6 is 0 Å². The third-order valence-corrected chi connectivity index (χ3v) is 3.64. The van der Waals surface area contributed by atoms with Crippen LogP contribution in [0.25, 0.3) is 5.69 Å². The summed E-state index contributed by atoms with van der Waals surface area (Å²) in [6.07, 6.45) is 0. The first-order valence-electron chi connectivity index (χ1n) is 7.49. The number of anilines is 1. The Labute approximate surface area is 143 Å². The van der Waals surface area contributed by atoms with Crippen LogP contribution in [0, 0.1) is 12.3 Å². The van der Waals surface area contributed by atoms with Crippen LogP contribution in [0.3, 0.4) is 0 Å². The first-order valence-corrected chi connectivity index (χ1v) is 7.49. The summed E-state index contributed by atoms with van der Waals surface area (Å²) >= 11 is 0. The maximum atomic E-state index is 12.5. The van der Waals surface area contributed by atoms with Crippen molar-refractivity contribution in [2.75, 3.05) is 5.73 Å². The van der Waals surface area contributed by atoms with E-state index in [4.69, 9.17) is 16.9 Å². The Morgan fingerprint density at radius 1 is 1.08 bits per heavy atom. The topological polar surface area (TPSA) is 138 Å². The molecule has 0 saturated carbocycles. The summed E-state index contributed by atoms with van der Waals surface area (Å²) in [5.74, 6) is -0.0173. The molecule has 8 nitrogen and oxygen atoms in total. The number of rotatable bonds is 4. The highest BCUT2D eigenvalue weighted by Crippen LogP contribution is 2.19. The third kappa shape index (κ3) is 3.32. The molecule has 0 unspecified atom stereocenters. The number of H-pyrrole nitrogens is 1. The van der Waals surface area contributed by atoms with Crippen LogP contribution in [-0.4, -0.2) is 15.6 Å². The van der Waals surface area contributed by atoms with Crippen LogP contribution in [0.1, 0.15) is 11.3 Å². The molecule has 25 heavy (non-hydrogen) atoms. The van der Waals surface area contributed by atoms with Crippen molar-refractivity contribution in [3.05, 3.63) is 70.1 Å². The fraction of sp³-hybridized carbons (Fsp3) is 0.0588. The van der Waals surface area contributed by atoms with Crippen molar-refractivity contribution in [3.8, 4) is 5.69 Å². The SMILES string of the molecule is Cc1[nH]n(-c2ccc(N)cc2)c(=O)c1N=Nc1ccc(C(=N)N)cc1. The van der Waals surface area contributed by atoms with Crippen LogP contribution in [-0.2, 0) is 0 Å². The van der Waals surface area contributed by atoms with Gasteiger partial charge in [0.05, 0.1) is 17.1 Å². The number of nitrogens with one attached hydrogen (secondary N) is 2. The monoisotopic (exact) mass is 335 g/mol. The van der Waals surface area contributed by atoms with Gasteiger partial charge in [-0.1, -0.05) is 0 Å². The van der Waals surface area contributed by atoms with Crippen molar-refractivity contribution in [2.24, 2.45) is 16.0 Å². The quantitative estimate of drug-likeness (QED) is 0.252. The zero-order chi connectivity index (χ0) is 18.0. The van der Waals surface area contributed by atoms with E-state index in [-0.39, 0.29) is 17.1 Å². The highest BCUT2D eigenvalue weighted by Gasteiger charge is 2.12. The molecule has 0 radical (unpaired) electrons. The van der Waals surface area contributed by atoms with Crippen molar-refractivity contribution in [1.82, 2.24) is 9.78 Å². The van der Waals surface area contributed by atoms with Gasteiger partial charge in [0.25, 0.3) is 5.56 Å². The van der Waals surface area contributed by atoms with Gasteiger partial charge in [0.15, 0.2) is 5.69 Å². The van der Waals surface area contributed by atoms with Gasteiger partial charge in [-0.3, -0.25) is 15.3 Å². The van der Waals surface area contributed by atoms with E-state index in [1.54, 1.807) is 55.5 Å². The summed E-state index contributed by atoms with van der Waals surface area (Å²) in [6, 6.07) is 13.6. The molecule has 0 aliphatic rings. The van der Waals surface area contributed by atoms with Gasteiger partial charge >= 0.3 is 0 Å². The second-order valence-corrected chi connectivity index (χ2v) is 5.48. The van der Waals surface area contributed by atoms with E-state index in [0.29, 0.717) is 28.3 Å². The molecule has 0 saturated heterocycles. The smallest absolute Gasteiger partial charge is 0.299 e. The van der Waals surface area contributed by atoms with Crippen LogP contribution in [0.5, 0.6) is 0 Å². The van der Waals surface area contributed by atoms with Crippen molar-refractivity contribution in [1.29, 1.82) is 5.41 Å². The largest absolute Gasteiger partial charge is 0.399 e. The van der Waals surface area contributed by atoms with E-state index >= 15 is 0 Å². The second-order valence-electron chi connectivity index (χ2n) is 5.48. The number of aryl methyl sites for hydroxylation is 1. The Morgan fingerprint density at radius 3 is 2.32 bits per heavy atom. The van der Waals surface area contributed by atoms with Crippen LogP contribution in [0.2, 0.25) is 0 Å². The Kier molecular flexibility index (Phi) is 4.17. The molecule has 126 valence electrons. The molecule has 0 atom stereocenters. The molecule has 0 bridgehead atoms. The summed E-state index contributed by atoms with van der Waals surface area (Å²) < 4.78 is 1.39. The van der Waals surface area contributed by atoms with E-state index in [1.807, 2.05) is 0 Å². The number of aromatic amines is 1. The van der Waals surface area contributed by atoms with E-state index in [2.05, 4.69) is 15.3 Å². The number of nitrogen functional groups attached to an aromatic ring is 2. The molecule has 6 N–H and O–H groups in total. The van der Waals surface area contributed by atoms with Gasteiger partial charge in [-0.25, -0.2) is 4.68 Å². The Hall–Kier alpha value is -3.68. The molecule has 1 heterocycles. The lowest BCUT2D eigenvalue weighted by molar-refractivity contribution is 0.835. The Bertz CT molecular complexity index is 995. The normalized spacial score (nSPS) is 11.1. The highest BCUT2D eigenvalue weighted by molar-refractivity contribution is 5.95. The van der Waals surface area contributed by atoms with Crippen molar-refractivity contribution in [2.45, 2.75) is 6.92 Å². The lowest BCUT2D eigenvalue weighted by atomic mass is 10.2. The molecular weight excluding hydrogens is 318 g/mol. The lowest BCUT2D eigenvalue weighted by Gasteiger charge is -2.01. The van der Waals surface area contributed by atoms with Crippen molar-refractivity contribution >= 4 is 22.9 Å². The molecule has 2 aromatic carbocycles. The van der Waals surface area contributed by atoms with Gasteiger partial charge in [0, 0.05) is 11.3 Å². The minimum Gasteiger partial charge on any atom is -0.399 e. The van der Waals surface area contributed by atoms with Crippen LogP contribution in [0.15, 0.2) is 63.6 Å². The van der Waals surface area contributed by atoms with Crippen LogP contribution < -0.4 is 17.0 Å². The molecule has 0 aliphatic carbocycles. The molecule has 0 fully saturated rings. The Morgan fingerprint density at radius 2 is 1.72 bits per heavy atom. The summed E-state index contributed by atoms with van der Waals surface area (Å²) in [5, 5.41) is 18.5. The minimum atomic E-state index is -0.300. The summed E-state index contributed by atoms with van der Waals surface area (Å²) in [6.45, 7) is 1.75. The number of hydrogen-bond acceptors (Lipinski definition) is 5. The molecule has 8 heteroatoms. The molecular formula is C17H17N7O. The van der Waals surface area contributed by atoms with Crippen molar-refractivity contribution < 1.29 is 0 Å². The van der Waals surface area contributed by atoms with Gasteiger partial charge in [0.2, 0.25) is 0 Å². The first-order chi connectivity index (χ1) is 12.0. The van der Waals surface area contributed by atoms with Gasteiger partial charge in [-0.15, -0.1) is 5.11 Å². The number of hydrogen-bond donors (Lipinski definition) is 4. The summed E-state index contributed by atoms with van der Waals surface area (Å²) in [5.41, 5.74) is 14.0. The average molecular weight is 335 g/mol. The van der Waals surface area contributed by atoms with E-state index in [9.17, 15) is 4.79 Å². The zero-order valence-corrected chi connectivity index (χ0v) is 13.5. The first kappa shape index (κ1) is 16.2. The van der Waals surface area contributed by atoms with Crippen LogP contribution in [0.4, 0.5) is 17.1 Å². The van der Waals surface area contributed by atoms with Crippen molar-refractivity contribution in [3.63, 3.8) is 0 Å². The number of nitrogens with two attached hydrogens (primary N) is 2. The number of amidine groups is 1. The third-order valence-electron chi connectivity index (χ3n) is 3.64. The maximum Gasteiger partial charge on any atom is 0.299 e. The predicted octanol–water partition coefficient (Wildman–Crippen LogP) is 2.76. The molecule has 0 spiro atoms. The Balaban J connectivity index is 1.91. The summed E-state index contributed by atoms with van der Waals surface area (Å²) in [4.78, 5) is 12.5. The molecule has 1 aromatic heterocycles. The fourth-order valence-electron chi connectivity index (χ4n) is 2.28. The van der Waals surface area contributed by atoms with Gasteiger partial charge in [-0.05, 0) is 55.5 Å². The fourth-order valence-corrected chi connectivity index (χ4v) is 2.28. The molecule has 3 rings (SSSR count). The number of aromatic nitrogens is 2. The maximum absolute atomic E-state index is 12.5. The van der Waals surface area contributed by atoms with E-state index < -0.39 is 0 Å². The van der Waals surface area contributed by atoms with E-state index in [1.165, 1.54) is 4.68 Å². The molecule has 0 aliphatic heterocycles. The zero-order valence-electron chi connectivity index (χ0n) is 13.5. The van der Waals surface area contributed by atoms with Gasteiger partial charge in [0.1, 0.15) is 5.84 Å². The molecule has 0 amide bonds. The average Bonchev–Trinajstić information content (AvgIpc) is 2.88. The summed E-state index contributed by atoms with van der Waals surface area (Å²) in [7, 11) is 0. The van der Waals surface area contributed by atoms with E-state index in [0.717, 1.165) is 0 Å². The number of nitrogens with zero attached hydrogens (tertiary/aromatic N) is 3. The standard InChI is InChI=1S/C17H17N7O/c1-10-15(22-21-13-6-2-11(3-7-13)16(19)20)17(25)24(23-10)14-8-4-12(18)5-9-14/h2-9,23H,18H2,1H3,(H3,19,20). The van der Waals surface area contributed by atoms with Gasteiger partial charge in [-0.2, -0.15) is 5.11 Å². The van der Waals surface area contributed by atoms with Gasteiger partial charge < -0.3 is 11.5 Å². The predicted molar refractivity (Wildman–Crippen MR) is 97.2 cm³/mol. The highest BCUT2D eigenvalue weighted by atomic mass is 16.1. The lowest BCUT2D eigenvalue weighted by Crippen LogP contribution is -2.13. The number of benzene rings is 2. The molecule has 3 aromatic rings. The number of azo groups is 1. The second kappa shape index (κ2) is 6.44. The minimum absolute atomic E-state index is 0.0173.